The first-order valence-corrected chi connectivity index (χ1v) is 8.31. The highest BCUT2D eigenvalue weighted by Crippen LogP contribution is 2.30. The van der Waals surface area contributed by atoms with Crippen LogP contribution < -0.4 is 5.32 Å². The Labute approximate surface area is 128 Å². The summed E-state index contributed by atoms with van der Waals surface area (Å²) in [5, 5.41) is 4.52. The Morgan fingerprint density at radius 2 is 2.10 bits per heavy atom. The van der Waals surface area contributed by atoms with Crippen LogP contribution in [0.2, 0.25) is 5.02 Å². The van der Waals surface area contributed by atoms with E-state index in [2.05, 4.69) is 49.2 Å². The Balaban J connectivity index is 2.23. The molecular weight excluding hydrogens is 268 g/mol. The molecule has 1 aliphatic heterocycles. The van der Waals surface area contributed by atoms with Crippen molar-refractivity contribution in [2.75, 3.05) is 13.1 Å². The van der Waals surface area contributed by atoms with Crippen molar-refractivity contribution in [3.8, 4) is 0 Å². The molecule has 1 aromatic rings. The van der Waals surface area contributed by atoms with E-state index in [1.807, 2.05) is 6.07 Å². The van der Waals surface area contributed by atoms with Crippen LogP contribution in [0.3, 0.4) is 0 Å². The molecule has 2 rings (SSSR count). The van der Waals surface area contributed by atoms with Gasteiger partial charge < -0.3 is 5.32 Å². The van der Waals surface area contributed by atoms with Crippen LogP contribution in [0.25, 0.3) is 0 Å². The van der Waals surface area contributed by atoms with Gasteiger partial charge in [-0.3, -0.25) is 4.90 Å². The first-order chi connectivity index (χ1) is 9.69. The number of hydrogen-bond acceptors (Lipinski definition) is 2. The van der Waals surface area contributed by atoms with Gasteiger partial charge in [0, 0.05) is 36.2 Å². The van der Waals surface area contributed by atoms with Gasteiger partial charge in [0.2, 0.25) is 0 Å². The third-order valence-electron chi connectivity index (χ3n) is 4.53. The number of nitrogens with one attached hydrogen (secondary N) is 1. The van der Waals surface area contributed by atoms with E-state index in [1.165, 1.54) is 18.4 Å². The summed E-state index contributed by atoms with van der Waals surface area (Å²) in [4.78, 5) is 2.69. The molecule has 1 saturated heterocycles. The van der Waals surface area contributed by atoms with E-state index < -0.39 is 0 Å². The summed E-state index contributed by atoms with van der Waals surface area (Å²) in [7, 11) is 0. The lowest BCUT2D eigenvalue weighted by molar-refractivity contribution is 0.0748. The highest BCUT2D eigenvalue weighted by atomic mass is 35.5. The van der Waals surface area contributed by atoms with Crippen LogP contribution in [0.5, 0.6) is 0 Å². The molecule has 112 valence electrons. The zero-order chi connectivity index (χ0) is 14.5. The summed E-state index contributed by atoms with van der Waals surface area (Å²) < 4.78 is 0. The molecule has 0 spiro atoms. The van der Waals surface area contributed by atoms with Crippen LogP contribution in [0.4, 0.5) is 0 Å². The van der Waals surface area contributed by atoms with Crippen molar-refractivity contribution in [1.29, 1.82) is 0 Å². The van der Waals surface area contributed by atoms with Crippen LogP contribution in [0.15, 0.2) is 24.3 Å². The normalized spacial score (nSPS) is 25.6. The highest BCUT2D eigenvalue weighted by molar-refractivity contribution is 6.30. The molecule has 3 heteroatoms. The van der Waals surface area contributed by atoms with Crippen LogP contribution in [-0.2, 0) is 0 Å². The van der Waals surface area contributed by atoms with E-state index >= 15 is 0 Å². The Morgan fingerprint density at radius 1 is 1.30 bits per heavy atom. The molecule has 1 aliphatic rings. The molecule has 0 saturated carbocycles. The van der Waals surface area contributed by atoms with Crippen molar-refractivity contribution in [1.82, 2.24) is 10.2 Å². The molecule has 1 heterocycles. The van der Waals surface area contributed by atoms with Crippen molar-refractivity contribution in [2.45, 2.75) is 58.2 Å². The Kier molecular flexibility index (Phi) is 5.88. The molecule has 0 aromatic heterocycles. The molecule has 0 radical (unpaired) electrons. The number of piperazine rings is 1. The van der Waals surface area contributed by atoms with Gasteiger partial charge in [0.1, 0.15) is 0 Å². The maximum Gasteiger partial charge on any atom is 0.0409 e. The van der Waals surface area contributed by atoms with Crippen molar-refractivity contribution in [2.24, 2.45) is 0 Å². The minimum absolute atomic E-state index is 0.481. The standard InChI is InChI=1S/C17H27ClN2/c1-4-15-12-20(16(5-2)11-19-15)17(6-3)13-8-7-9-14(18)10-13/h7-10,15-17,19H,4-6,11-12H2,1-3H3. The largest absolute Gasteiger partial charge is 0.311 e. The van der Waals surface area contributed by atoms with Crippen LogP contribution in [0.1, 0.15) is 51.6 Å². The van der Waals surface area contributed by atoms with E-state index in [4.69, 9.17) is 11.6 Å². The predicted octanol–water partition coefficient (Wildman–Crippen LogP) is 4.25. The fourth-order valence-electron chi connectivity index (χ4n) is 3.30. The zero-order valence-electron chi connectivity index (χ0n) is 12.9. The molecule has 3 unspecified atom stereocenters. The Hall–Kier alpha value is -0.570. The predicted molar refractivity (Wildman–Crippen MR) is 87.4 cm³/mol. The molecule has 2 nitrogen and oxygen atoms in total. The molecule has 0 bridgehead atoms. The smallest absolute Gasteiger partial charge is 0.0409 e. The van der Waals surface area contributed by atoms with Gasteiger partial charge in [-0.25, -0.2) is 0 Å². The second kappa shape index (κ2) is 7.44. The van der Waals surface area contributed by atoms with Crippen molar-refractivity contribution < 1.29 is 0 Å². The topological polar surface area (TPSA) is 15.3 Å². The van der Waals surface area contributed by atoms with E-state index in [-0.39, 0.29) is 0 Å². The van der Waals surface area contributed by atoms with Gasteiger partial charge in [-0.05, 0) is 37.0 Å². The first-order valence-electron chi connectivity index (χ1n) is 7.94. The summed E-state index contributed by atoms with van der Waals surface area (Å²) in [6.07, 6.45) is 3.52. The van der Waals surface area contributed by atoms with Gasteiger partial charge in [0.05, 0.1) is 0 Å². The molecule has 1 aromatic carbocycles. The summed E-state index contributed by atoms with van der Waals surface area (Å²) in [5.74, 6) is 0. The highest BCUT2D eigenvalue weighted by Gasteiger charge is 2.31. The quantitative estimate of drug-likeness (QED) is 0.873. The molecule has 3 atom stereocenters. The average Bonchev–Trinajstić information content (AvgIpc) is 2.48. The van der Waals surface area contributed by atoms with Crippen molar-refractivity contribution in [3.05, 3.63) is 34.9 Å². The summed E-state index contributed by atoms with van der Waals surface area (Å²) >= 11 is 6.18. The van der Waals surface area contributed by atoms with Crippen LogP contribution >= 0.6 is 11.6 Å². The number of halogens is 1. The third-order valence-corrected chi connectivity index (χ3v) is 4.76. The minimum atomic E-state index is 0.481. The Morgan fingerprint density at radius 3 is 2.70 bits per heavy atom. The minimum Gasteiger partial charge on any atom is -0.311 e. The fourth-order valence-corrected chi connectivity index (χ4v) is 3.50. The third kappa shape index (κ3) is 3.55. The molecule has 0 amide bonds. The van der Waals surface area contributed by atoms with E-state index in [0.717, 1.165) is 24.5 Å². The fraction of sp³-hybridized carbons (Fsp3) is 0.647. The molecule has 1 N–H and O–H groups in total. The van der Waals surface area contributed by atoms with Gasteiger partial charge in [0.25, 0.3) is 0 Å². The maximum atomic E-state index is 6.18. The lowest BCUT2D eigenvalue weighted by Gasteiger charge is -2.44. The van der Waals surface area contributed by atoms with E-state index in [1.54, 1.807) is 0 Å². The number of rotatable bonds is 5. The lowest BCUT2D eigenvalue weighted by Crippen LogP contribution is -2.56. The van der Waals surface area contributed by atoms with Crippen molar-refractivity contribution in [3.63, 3.8) is 0 Å². The molecular formula is C17H27ClN2. The maximum absolute atomic E-state index is 6.18. The SMILES string of the molecule is CCC1CN(C(CC)c2cccc(Cl)c2)C(CC)CN1. The number of nitrogens with zero attached hydrogens (tertiary/aromatic N) is 1. The van der Waals surface area contributed by atoms with Gasteiger partial charge in [-0.2, -0.15) is 0 Å². The average molecular weight is 295 g/mol. The van der Waals surface area contributed by atoms with E-state index in [9.17, 15) is 0 Å². The van der Waals surface area contributed by atoms with Crippen LogP contribution in [0, 0.1) is 0 Å². The number of benzene rings is 1. The second-order valence-corrected chi connectivity index (χ2v) is 6.19. The molecule has 1 fully saturated rings. The van der Waals surface area contributed by atoms with Gasteiger partial charge in [-0.1, -0.05) is 44.5 Å². The zero-order valence-corrected chi connectivity index (χ0v) is 13.7. The lowest BCUT2D eigenvalue weighted by atomic mass is 9.96. The first kappa shape index (κ1) is 15.8. The summed E-state index contributed by atoms with van der Waals surface area (Å²) in [6, 6.07) is 10.1. The van der Waals surface area contributed by atoms with Crippen molar-refractivity contribution >= 4 is 11.6 Å². The summed E-state index contributed by atoms with van der Waals surface area (Å²) in [5.41, 5.74) is 1.36. The monoisotopic (exact) mass is 294 g/mol. The van der Waals surface area contributed by atoms with Gasteiger partial charge >= 0.3 is 0 Å². The van der Waals surface area contributed by atoms with Gasteiger partial charge in [-0.15, -0.1) is 0 Å². The number of hydrogen-bond donors (Lipinski definition) is 1. The Bertz CT molecular complexity index is 421. The van der Waals surface area contributed by atoms with Crippen LogP contribution in [-0.4, -0.2) is 30.1 Å². The molecule has 0 aliphatic carbocycles. The second-order valence-electron chi connectivity index (χ2n) is 5.75. The van der Waals surface area contributed by atoms with Gasteiger partial charge in [0.15, 0.2) is 0 Å². The van der Waals surface area contributed by atoms with E-state index in [0.29, 0.717) is 18.1 Å². The molecule has 20 heavy (non-hydrogen) atoms. The summed E-state index contributed by atoms with van der Waals surface area (Å²) in [6.45, 7) is 9.08.